The summed E-state index contributed by atoms with van der Waals surface area (Å²) in [5.41, 5.74) is 7.84. The van der Waals surface area contributed by atoms with E-state index in [1.807, 2.05) is 30.3 Å². The molecule has 0 spiro atoms. The van der Waals surface area contributed by atoms with Gasteiger partial charge in [-0.05, 0) is 51.8 Å². The fraction of sp³-hybridized carbons (Fsp3) is 0.0909. The third-order valence-electron chi connectivity index (χ3n) is 4.25. The summed E-state index contributed by atoms with van der Waals surface area (Å²) in [7, 11) is 1.47. The highest BCUT2D eigenvalue weighted by Crippen LogP contribution is 2.38. The number of methoxy groups -OCH3 is 1. The van der Waals surface area contributed by atoms with Crippen molar-refractivity contribution in [2.75, 3.05) is 19.5 Å². The monoisotopic (exact) mass is 474 g/mol. The van der Waals surface area contributed by atoms with E-state index in [1.165, 1.54) is 11.8 Å². The average molecular weight is 475 g/mol. The number of nitrogens with two attached hydrogens (primary N) is 1. The molecule has 1 aromatic heterocycles. The van der Waals surface area contributed by atoms with Gasteiger partial charge in [0.1, 0.15) is 35.3 Å². The number of halogens is 1. The molecular weight excluding hydrogens is 460 g/mol. The van der Waals surface area contributed by atoms with Gasteiger partial charge >= 0.3 is 0 Å². The van der Waals surface area contributed by atoms with E-state index in [0.29, 0.717) is 27.2 Å². The average Bonchev–Trinajstić information content (AvgIpc) is 3.12. The van der Waals surface area contributed by atoms with Crippen LogP contribution in [0, 0.1) is 34.0 Å². The van der Waals surface area contributed by atoms with Crippen LogP contribution in [0.3, 0.4) is 0 Å². The Kier molecular flexibility index (Phi) is 6.57. The minimum Gasteiger partial charge on any atom is -0.493 e. The zero-order valence-electron chi connectivity index (χ0n) is 16.3. The molecule has 0 aliphatic heterocycles. The summed E-state index contributed by atoms with van der Waals surface area (Å²) < 4.78 is 12.7. The summed E-state index contributed by atoms with van der Waals surface area (Å²) in [6, 6.07) is 18.5. The van der Waals surface area contributed by atoms with Crippen LogP contribution in [0.2, 0.25) is 0 Å². The third-order valence-corrected chi connectivity index (χ3v) is 4.84. The number of anilines is 1. The van der Waals surface area contributed by atoms with E-state index < -0.39 is 0 Å². The molecule has 152 valence electrons. The molecule has 0 radical (unpaired) electrons. The maximum absolute atomic E-state index is 9.78. The fourth-order valence-electron chi connectivity index (χ4n) is 2.88. The van der Waals surface area contributed by atoms with Gasteiger partial charge in [-0.3, -0.25) is 0 Å². The number of rotatable bonds is 6. The lowest BCUT2D eigenvalue weighted by Gasteiger charge is -2.11. The molecular formula is C22H15BrN6O2. The van der Waals surface area contributed by atoms with Crippen LogP contribution >= 0.6 is 15.9 Å². The number of hydrogen-bond donors (Lipinski definition) is 1. The standard InChI is InChI=1S/C22H15BrN6O2/c1-30-19-11-14(10-18(23)21(19)31-8-7-24)9-15(12-25)20-17(13-26)22(27)29(28-20)16-5-3-2-4-6-16/h2-6,9-11H,8,27H2,1H3. The highest BCUT2D eigenvalue weighted by molar-refractivity contribution is 9.10. The molecule has 0 aliphatic rings. The number of allylic oxidation sites excluding steroid dienone is 1. The van der Waals surface area contributed by atoms with Crippen molar-refractivity contribution < 1.29 is 9.47 Å². The number of hydrogen-bond acceptors (Lipinski definition) is 7. The van der Waals surface area contributed by atoms with Crippen LogP contribution in [0.15, 0.2) is 46.9 Å². The number of para-hydroxylation sites is 1. The molecule has 2 aromatic carbocycles. The van der Waals surface area contributed by atoms with Gasteiger partial charge in [0.05, 0.1) is 22.8 Å². The topological polar surface area (TPSA) is 134 Å². The maximum Gasteiger partial charge on any atom is 0.176 e. The van der Waals surface area contributed by atoms with E-state index in [4.69, 9.17) is 20.5 Å². The maximum atomic E-state index is 9.78. The summed E-state index contributed by atoms with van der Waals surface area (Å²) in [6.07, 6.45) is 1.57. The Morgan fingerprint density at radius 1 is 1.23 bits per heavy atom. The van der Waals surface area contributed by atoms with Gasteiger partial charge in [-0.15, -0.1) is 0 Å². The smallest absolute Gasteiger partial charge is 0.176 e. The number of ether oxygens (including phenoxy) is 2. The van der Waals surface area contributed by atoms with Gasteiger partial charge in [0.25, 0.3) is 0 Å². The van der Waals surface area contributed by atoms with Crippen molar-refractivity contribution in [3.05, 3.63) is 63.8 Å². The van der Waals surface area contributed by atoms with E-state index in [0.717, 1.165) is 0 Å². The molecule has 0 saturated heterocycles. The predicted molar refractivity (Wildman–Crippen MR) is 118 cm³/mol. The van der Waals surface area contributed by atoms with Crippen LogP contribution in [0.5, 0.6) is 11.5 Å². The molecule has 0 bridgehead atoms. The Hall–Kier alpha value is -4.26. The lowest BCUT2D eigenvalue weighted by Crippen LogP contribution is -2.02. The quantitative estimate of drug-likeness (QED) is 0.532. The largest absolute Gasteiger partial charge is 0.493 e. The first-order chi connectivity index (χ1) is 15.0. The van der Waals surface area contributed by atoms with Gasteiger partial charge in [0, 0.05) is 0 Å². The second-order valence-corrected chi connectivity index (χ2v) is 6.97. The van der Waals surface area contributed by atoms with Crippen molar-refractivity contribution in [2.45, 2.75) is 0 Å². The van der Waals surface area contributed by atoms with Gasteiger partial charge in [0.15, 0.2) is 18.1 Å². The summed E-state index contributed by atoms with van der Waals surface area (Å²) in [5, 5.41) is 32.6. The third kappa shape index (κ3) is 4.35. The SMILES string of the molecule is COc1cc(C=C(C#N)c2nn(-c3ccccc3)c(N)c2C#N)cc(Br)c1OCC#N. The molecule has 0 atom stereocenters. The summed E-state index contributed by atoms with van der Waals surface area (Å²) in [4.78, 5) is 0. The van der Waals surface area contributed by atoms with Crippen LogP contribution in [-0.4, -0.2) is 23.5 Å². The number of nitriles is 3. The van der Waals surface area contributed by atoms with Gasteiger partial charge in [-0.1, -0.05) is 18.2 Å². The number of benzene rings is 2. The fourth-order valence-corrected chi connectivity index (χ4v) is 3.46. The number of nitrogen functional groups attached to an aromatic ring is 1. The molecule has 31 heavy (non-hydrogen) atoms. The normalized spacial score (nSPS) is 10.6. The van der Waals surface area contributed by atoms with Crippen molar-refractivity contribution in [3.8, 4) is 35.4 Å². The van der Waals surface area contributed by atoms with Crippen LogP contribution in [0.25, 0.3) is 17.3 Å². The second kappa shape index (κ2) is 9.49. The summed E-state index contributed by atoms with van der Waals surface area (Å²) in [6.45, 7) is -0.144. The minimum absolute atomic E-state index is 0.108. The Balaban J connectivity index is 2.12. The molecule has 0 fully saturated rings. The Bertz CT molecular complexity index is 1280. The van der Waals surface area contributed by atoms with Gasteiger partial charge in [0.2, 0.25) is 0 Å². The first-order valence-corrected chi connectivity index (χ1v) is 9.66. The molecule has 0 saturated carbocycles. The minimum atomic E-state index is -0.144. The van der Waals surface area contributed by atoms with Crippen LogP contribution < -0.4 is 15.2 Å². The van der Waals surface area contributed by atoms with E-state index in [9.17, 15) is 10.5 Å². The van der Waals surface area contributed by atoms with Crippen molar-refractivity contribution >= 4 is 33.4 Å². The van der Waals surface area contributed by atoms with Crippen LogP contribution in [-0.2, 0) is 0 Å². The molecule has 1 heterocycles. The molecule has 8 nitrogen and oxygen atoms in total. The zero-order valence-corrected chi connectivity index (χ0v) is 17.9. The van der Waals surface area contributed by atoms with Crippen molar-refractivity contribution in [1.82, 2.24) is 9.78 Å². The van der Waals surface area contributed by atoms with Gasteiger partial charge in [-0.25, -0.2) is 4.68 Å². The molecule has 9 heteroatoms. The van der Waals surface area contributed by atoms with E-state index in [1.54, 1.807) is 30.3 Å². The number of nitrogens with zero attached hydrogens (tertiary/aromatic N) is 5. The van der Waals surface area contributed by atoms with Crippen molar-refractivity contribution in [2.24, 2.45) is 0 Å². The van der Waals surface area contributed by atoms with Gasteiger partial charge in [-0.2, -0.15) is 20.9 Å². The highest BCUT2D eigenvalue weighted by atomic mass is 79.9. The molecule has 3 aromatic rings. The first kappa shape index (κ1) is 21.4. The van der Waals surface area contributed by atoms with E-state index in [-0.39, 0.29) is 29.3 Å². The van der Waals surface area contributed by atoms with E-state index >= 15 is 0 Å². The Morgan fingerprint density at radius 2 is 1.97 bits per heavy atom. The Labute approximate surface area is 187 Å². The second-order valence-electron chi connectivity index (χ2n) is 6.12. The molecule has 0 aliphatic carbocycles. The highest BCUT2D eigenvalue weighted by Gasteiger charge is 2.20. The first-order valence-electron chi connectivity index (χ1n) is 8.87. The zero-order chi connectivity index (χ0) is 22.4. The molecule has 0 amide bonds. The van der Waals surface area contributed by atoms with Crippen molar-refractivity contribution in [3.63, 3.8) is 0 Å². The summed E-state index contributed by atoms with van der Waals surface area (Å²) >= 11 is 3.39. The van der Waals surface area contributed by atoms with Crippen molar-refractivity contribution in [1.29, 1.82) is 15.8 Å². The van der Waals surface area contributed by atoms with Gasteiger partial charge < -0.3 is 15.2 Å². The van der Waals surface area contributed by atoms with E-state index in [2.05, 4.69) is 27.1 Å². The van der Waals surface area contributed by atoms with Crippen LogP contribution in [0.1, 0.15) is 16.8 Å². The lowest BCUT2D eigenvalue weighted by molar-refractivity contribution is 0.327. The molecule has 2 N–H and O–H groups in total. The predicted octanol–water partition coefficient (Wildman–Crippen LogP) is 4.06. The lowest BCUT2D eigenvalue weighted by atomic mass is 10.1. The van der Waals surface area contributed by atoms with Crippen LogP contribution in [0.4, 0.5) is 5.82 Å². The summed E-state index contributed by atoms with van der Waals surface area (Å²) in [5.74, 6) is 0.891. The molecule has 3 rings (SSSR count). The number of aromatic nitrogens is 2. The Morgan fingerprint density at radius 3 is 2.58 bits per heavy atom. The molecule has 0 unspecified atom stereocenters.